The van der Waals surface area contributed by atoms with Gasteiger partial charge in [0.1, 0.15) is 17.6 Å². The fourth-order valence-corrected chi connectivity index (χ4v) is 3.55. The molecule has 2 aromatic rings. The zero-order chi connectivity index (χ0) is 21.0. The second kappa shape index (κ2) is 8.60. The molecule has 1 saturated carbocycles. The fraction of sp³-hybridized carbons (Fsp3) is 0.292. The molecule has 1 aliphatic rings. The van der Waals surface area contributed by atoms with Gasteiger partial charge in [-0.2, -0.15) is 8.78 Å². The second-order valence-electron chi connectivity index (χ2n) is 7.65. The standard InChI is InChI=1S/C24H24F2O3/c1-4-9-20(29-23(27)22-19(15-21(25)26)24(22,2)3)16-10-8-13-18(14-16)28-17-11-6-5-7-12-17/h4-15,19-20,22H,1-3H3. The molecule has 0 spiro atoms. The topological polar surface area (TPSA) is 35.5 Å². The normalized spacial score (nSPS) is 20.7. The minimum atomic E-state index is -1.77. The Morgan fingerprint density at radius 2 is 1.76 bits per heavy atom. The van der Waals surface area contributed by atoms with Gasteiger partial charge in [0.15, 0.2) is 0 Å². The molecule has 3 nitrogen and oxygen atoms in total. The molecule has 0 aromatic heterocycles. The summed E-state index contributed by atoms with van der Waals surface area (Å²) in [4.78, 5) is 12.7. The van der Waals surface area contributed by atoms with E-state index in [1.165, 1.54) is 0 Å². The minimum absolute atomic E-state index is 0.477. The van der Waals surface area contributed by atoms with Crippen molar-refractivity contribution in [1.29, 1.82) is 0 Å². The van der Waals surface area contributed by atoms with E-state index in [-0.39, 0.29) is 0 Å². The van der Waals surface area contributed by atoms with Crippen LogP contribution in [0, 0.1) is 17.3 Å². The highest BCUT2D eigenvalue weighted by Crippen LogP contribution is 2.60. The first-order valence-corrected chi connectivity index (χ1v) is 9.52. The third-order valence-electron chi connectivity index (χ3n) is 5.25. The summed E-state index contributed by atoms with van der Waals surface area (Å²) < 4.78 is 36.9. The Labute approximate surface area is 169 Å². The van der Waals surface area contributed by atoms with Crippen molar-refractivity contribution in [3.8, 4) is 11.5 Å². The first kappa shape index (κ1) is 20.8. The molecule has 0 aliphatic heterocycles. The molecule has 0 bridgehead atoms. The third-order valence-corrected chi connectivity index (χ3v) is 5.25. The number of hydrogen-bond acceptors (Lipinski definition) is 3. The number of benzene rings is 2. The van der Waals surface area contributed by atoms with Gasteiger partial charge >= 0.3 is 5.97 Å². The Morgan fingerprint density at radius 3 is 2.41 bits per heavy atom. The van der Waals surface area contributed by atoms with Crippen molar-refractivity contribution in [3.63, 3.8) is 0 Å². The van der Waals surface area contributed by atoms with Crippen molar-refractivity contribution in [2.45, 2.75) is 26.9 Å². The first-order chi connectivity index (χ1) is 13.8. The maximum Gasteiger partial charge on any atom is 0.311 e. The predicted molar refractivity (Wildman–Crippen MR) is 108 cm³/mol. The Morgan fingerprint density at radius 1 is 1.07 bits per heavy atom. The van der Waals surface area contributed by atoms with Crippen LogP contribution in [0.15, 0.2) is 78.9 Å². The highest BCUT2D eigenvalue weighted by atomic mass is 19.3. The molecule has 0 radical (unpaired) electrons. The molecular formula is C24H24F2O3. The molecule has 3 atom stereocenters. The van der Waals surface area contributed by atoms with Crippen molar-refractivity contribution in [1.82, 2.24) is 0 Å². The smallest absolute Gasteiger partial charge is 0.311 e. The number of halogens is 2. The molecule has 3 unspecified atom stereocenters. The average molecular weight is 398 g/mol. The van der Waals surface area contributed by atoms with Crippen molar-refractivity contribution >= 4 is 5.97 Å². The van der Waals surface area contributed by atoms with E-state index in [4.69, 9.17) is 9.47 Å². The number of carbonyl (C=O) groups is 1. The van der Waals surface area contributed by atoms with Gasteiger partial charge in [-0.1, -0.05) is 50.3 Å². The summed E-state index contributed by atoms with van der Waals surface area (Å²) in [6.07, 6.45) is 2.01. The minimum Gasteiger partial charge on any atom is -0.457 e. The summed E-state index contributed by atoms with van der Waals surface area (Å²) in [6.45, 7) is 5.42. The second-order valence-corrected chi connectivity index (χ2v) is 7.65. The molecule has 0 saturated heterocycles. The summed E-state index contributed by atoms with van der Waals surface area (Å²) in [5, 5.41) is 0. The van der Waals surface area contributed by atoms with Gasteiger partial charge in [0.05, 0.1) is 5.92 Å². The van der Waals surface area contributed by atoms with Crippen molar-refractivity contribution in [3.05, 3.63) is 84.5 Å². The SMILES string of the molecule is CC=CC(OC(=O)C1C(C=C(F)F)C1(C)C)c1cccc(Oc2ccccc2)c1. The molecule has 2 aromatic carbocycles. The Bertz CT molecular complexity index is 915. The van der Waals surface area contributed by atoms with Crippen LogP contribution in [0.5, 0.6) is 11.5 Å². The highest BCUT2D eigenvalue weighted by Gasteiger charge is 2.62. The van der Waals surface area contributed by atoms with E-state index in [0.29, 0.717) is 11.5 Å². The average Bonchev–Trinajstić information content (AvgIpc) is 3.21. The maximum atomic E-state index is 12.7. The number of allylic oxidation sites excluding steroid dienone is 2. The zero-order valence-corrected chi connectivity index (χ0v) is 16.6. The van der Waals surface area contributed by atoms with Gasteiger partial charge < -0.3 is 9.47 Å². The largest absolute Gasteiger partial charge is 0.457 e. The van der Waals surface area contributed by atoms with Crippen LogP contribution in [-0.4, -0.2) is 5.97 Å². The molecule has 1 fully saturated rings. The molecule has 3 rings (SSSR count). The van der Waals surface area contributed by atoms with Gasteiger partial charge in [-0.15, -0.1) is 0 Å². The zero-order valence-electron chi connectivity index (χ0n) is 16.6. The first-order valence-electron chi connectivity index (χ1n) is 9.52. The van der Waals surface area contributed by atoms with Crippen LogP contribution in [-0.2, 0) is 9.53 Å². The predicted octanol–water partition coefficient (Wildman–Crippen LogP) is 6.69. The van der Waals surface area contributed by atoms with E-state index in [1.54, 1.807) is 26.0 Å². The van der Waals surface area contributed by atoms with Gasteiger partial charge in [0.2, 0.25) is 0 Å². The van der Waals surface area contributed by atoms with Crippen LogP contribution in [0.3, 0.4) is 0 Å². The van der Waals surface area contributed by atoms with Crippen LogP contribution in [0.1, 0.15) is 32.4 Å². The molecule has 5 heteroatoms. The molecule has 29 heavy (non-hydrogen) atoms. The van der Waals surface area contributed by atoms with Crippen molar-refractivity contribution in [2.75, 3.05) is 0 Å². The monoisotopic (exact) mass is 398 g/mol. The number of rotatable bonds is 7. The van der Waals surface area contributed by atoms with Crippen molar-refractivity contribution < 1.29 is 23.0 Å². The summed E-state index contributed by atoms with van der Waals surface area (Å²) >= 11 is 0. The maximum absolute atomic E-state index is 12.7. The van der Waals surface area contributed by atoms with Gasteiger partial charge in [-0.05, 0) is 48.8 Å². The molecule has 0 N–H and O–H groups in total. The van der Waals surface area contributed by atoms with Crippen LogP contribution in [0.4, 0.5) is 8.78 Å². The van der Waals surface area contributed by atoms with E-state index in [0.717, 1.165) is 11.6 Å². The Kier molecular flexibility index (Phi) is 6.16. The van der Waals surface area contributed by atoms with E-state index in [2.05, 4.69) is 0 Å². The molecule has 1 aliphatic carbocycles. The molecule has 0 heterocycles. The highest BCUT2D eigenvalue weighted by molar-refractivity contribution is 5.78. The summed E-state index contributed by atoms with van der Waals surface area (Å²) in [5.74, 6) is -0.257. The van der Waals surface area contributed by atoms with Gasteiger partial charge in [-0.3, -0.25) is 4.79 Å². The number of esters is 1. The summed E-state index contributed by atoms with van der Waals surface area (Å²) in [6, 6.07) is 16.7. The number of para-hydroxylation sites is 1. The molecule has 0 amide bonds. The number of carbonyl (C=O) groups excluding carboxylic acids is 1. The molecule has 152 valence electrons. The van der Waals surface area contributed by atoms with Crippen molar-refractivity contribution in [2.24, 2.45) is 17.3 Å². The van der Waals surface area contributed by atoms with Crippen LogP contribution >= 0.6 is 0 Å². The van der Waals surface area contributed by atoms with Crippen LogP contribution in [0.2, 0.25) is 0 Å². The molecular weight excluding hydrogens is 374 g/mol. The quantitative estimate of drug-likeness (QED) is 0.385. The van der Waals surface area contributed by atoms with E-state index >= 15 is 0 Å². The number of ether oxygens (including phenoxy) is 2. The van der Waals surface area contributed by atoms with Crippen LogP contribution < -0.4 is 4.74 Å². The lowest BCUT2D eigenvalue weighted by molar-refractivity contribution is -0.149. The lowest BCUT2D eigenvalue weighted by Crippen LogP contribution is -2.14. The van der Waals surface area contributed by atoms with E-state index in [1.807, 2.05) is 61.5 Å². The van der Waals surface area contributed by atoms with E-state index < -0.39 is 35.4 Å². The summed E-state index contributed by atoms with van der Waals surface area (Å²) in [7, 11) is 0. The lowest BCUT2D eigenvalue weighted by Gasteiger charge is -2.16. The Balaban J connectivity index is 1.76. The van der Waals surface area contributed by atoms with Gasteiger partial charge in [0, 0.05) is 11.5 Å². The number of hydrogen-bond donors (Lipinski definition) is 0. The summed E-state index contributed by atoms with van der Waals surface area (Å²) in [5.41, 5.74) is 0.200. The van der Waals surface area contributed by atoms with E-state index in [9.17, 15) is 13.6 Å². The third kappa shape index (κ3) is 4.91. The Hall–Kier alpha value is -2.95. The van der Waals surface area contributed by atoms with Crippen LogP contribution in [0.25, 0.3) is 0 Å². The lowest BCUT2D eigenvalue weighted by atomic mass is 10.1. The van der Waals surface area contributed by atoms with Gasteiger partial charge in [-0.25, -0.2) is 0 Å². The fourth-order valence-electron chi connectivity index (χ4n) is 3.55. The van der Waals surface area contributed by atoms with Gasteiger partial charge in [0.25, 0.3) is 6.08 Å².